The van der Waals surface area contributed by atoms with Crippen LogP contribution in [0.1, 0.15) is 57.7 Å². The Kier molecular flexibility index (Phi) is 3.52. The number of nitrogens with zero attached hydrogens (tertiary/aromatic N) is 3. The van der Waals surface area contributed by atoms with E-state index in [1.807, 2.05) is 0 Å². The molecule has 0 saturated carbocycles. The maximum absolute atomic E-state index is 4.48. The second kappa shape index (κ2) is 4.77. The zero-order valence-corrected chi connectivity index (χ0v) is 11.5. The molecule has 1 aliphatic heterocycles. The van der Waals surface area contributed by atoms with Crippen molar-refractivity contribution in [2.24, 2.45) is 0 Å². The molecule has 1 aromatic rings. The summed E-state index contributed by atoms with van der Waals surface area (Å²) in [4.78, 5) is 0. The fourth-order valence-electron chi connectivity index (χ4n) is 3.09. The first kappa shape index (κ1) is 12.6. The van der Waals surface area contributed by atoms with Crippen LogP contribution < -0.4 is 5.32 Å². The minimum absolute atomic E-state index is 0.209. The lowest BCUT2D eigenvalue weighted by atomic mass is 9.81. The zero-order valence-electron chi connectivity index (χ0n) is 11.5. The average molecular weight is 236 g/mol. The van der Waals surface area contributed by atoms with E-state index >= 15 is 0 Å². The van der Waals surface area contributed by atoms with Crippen molar-refractivity contribution >= 4 is 0 Å². The van der Waals surface area contributed by atoms with Gasteiger partial charge in [-0.3, -0.25) is 0 Å². The Bertz CT molecular complexity index is 375. The lowest BCUT2D eigenvalue weighted by Crippen LogP contribution is -2.33. The average Bonchev–Trinajstić information content (AvgIpc) is 2.85. The first-order valence-electron chi connectivity index (χ1n) is 6.73. The van der Waals surface area contributed by atoms with Crippen molar-refractivity contribution in [3.8, 4) is 0 Å². The summed E-state index contributed by atoms with van der Waals surface area (Å²) in [7, 11) is 0. The first-order valence-corrected chi connectivity index (χ1v) is 6.73. The highest BCUT2D eigenvalue weighted by Crippen LogP contribution is 2.35. The lowest BCUT2D eigenvalue weighted by Gasteiger charge is -2.28. The van der Waals surface area contributed by atoms with Crippen LogP contribution in [-0.2, 0) is 5.41 Å². The van der Waals surface area contributed by atoms with Crippen molar-refractivity contribution in [2.75, 3.05) is 13.1 Å². The summed E-state index contributed by atoms with van der Waals surface area (Å²) in [5.74, 6) is 2.23. The summed E-state index contributed by atoms with van der Waals surface area (Å²) in [6.07, 6.45) is 3.59. The van der Waals surface area contributed by atoms with E-state index in [2.05, 4.69) is 47.8 Å². The van der Waals surface area contributed by atoms with Crippen molar-refractivity contribution < 1.29 is 0 Å². The summed E-state index contributed by atoms with van der Waals surface area (Å²) in [5.41, 5.74) is 0.209. The Morgan fingerprint density at radius 1 is 1.41 bits per heavy atom. The third-order valence-corrected chi connectivity index (χ3v) is 3.83. The van der Waals surface area contributed by atoms with E-state index in [4.69, 9.17) is 0 Å². The topological polar surface area (TPSA) is 42.7 Å². The SMILES string of the molecule is CCCC1(c2nnc(C)n2C(C)C)CCNC1. The molecule has 1 fully saturated rings. The first-order chi connectivity index (χ1) is 8.10. The molecule has 0 spiro atoms. The Hall–Kier alpha value is -0.900. The van der Waals surface area contributed by atoms with Gasteiger partial charge in [-0.2, -0.15) is 0 Å². The Labute approximate surface area is 104 Å². The Balaban J connectivity index is 2.43. The number of nitrogens with one attached hydrogen (secondary N) is 1. The minimum Gasteiger partial charge on any atom is -0.316 e. The van der Waals surface area contributed by atoms with Crippen LogP contribution in [-0.4, -0.2) is 27.9 Å². The molecule has 1 N–H and O–H groups in total. The van der Waals surface area contributed by atoms with Crippen LogP contribution in [0.5, 0.6) is 0 Å². The zero-order chi connectivity index (χ0) is 12.5. The van der Waals surface area contributed by atoms with E-state index in [0.717, 1.165) is 18.9 Å². The highest BCUT2D eigenvalue weighted by molar-refractivity contribution is 5.15. The molecule has 1 aliphatic rings. The third-order valence-electron chi connectivity index (χ3n) is 3.83. The second-order valence-corrected chi connectivity index (χ2v) is 5.49. The molecular formula is C13H24N4. The van der Waals surface area contributed by atoms with Gasteiger partial charge in [-0.05, 0) is 40.2 Å². The molecule has 1 aromatic heterocycles. The van der Waals surface area contributed by atoms with Crippen molar-refractivity contribution in [2.45, 2.75) is 58.4 Å². The van der Waals surface area contributed by atoms with Gasteiger partial charge in [0.15, 0.2) is 0 Å². The van der Waals surface area contributed by atoms with E-state index in [-0.39, 0.29) is 5.41 Å². The fraction of sp³-hybridized carbons (Fsp3) is 0.846. The van der Waals surface area contributed by atoms with E-state index < -0.39 is 0 Å². The summed E-state index contributed by atoms with van der Waals surface area (Å²) in [5, 5.41) is 12.3. The predicted molar refractivity (Wildman–Crippen MR) is 69.2 cm³/mol. The normalized spacial score (nSPS) is 24.8. The molecule has 0 aromatic carbocycles. The van der Waals surface area contributed by atoms with Crippen molar-refractivity contribution in [1.29, 1.82) is 0 Å². The van der Waals surface area contributed by atoms with Crippen LogP contribution in [0.4, 0.5) is 0 Å². The van der Waals surface area contributed by atoms with Crippen LogP contribution in [0, 0.1) is 6.92 Å². The third kappa shape index (κ3) is 2.10. The van der Waals surface area contributed by atoms with Crippen molar-refractivity contribution in [3.05, 3.63) is 11.6 Å². The summed E-state index contributed by atoms with van der Waals surface area (Å²) in [6, 6.07) is 0.439. The molecule has 1 unspecified atom stereocenters. The smallest absolute Gasteiger partial charge is 0.140 e. The summed E-state index contributed by atoms with van der Waals surface area (Å²) < 4.78 is 2.31. The van der Waals surface area contributed by atoms with Gasteiger partial charge in [0.1, 0.15) is 11.6 Å². The monoisotopic (exact) mass is 236 g/mol. The molecule has 1 atom stereocenters. The molecule has 0 bridgehead atoms. The number of aryl methyl sites for hydroxylation is 1. The molecular weight excluding hydrogens is 212 g/mol. The predicted octanol–water partition coefficient (Wildman–Crippen LogP) is 2.20. The summed E-state index contributed by atoms with van der Waals surface area (Å²) in [6.45, 7) is 10.9. The molecule has 4 heteroatoms. The molecule has 2 rings (SSSR count). The number of hydrogen-bond acceptors (Lipinski definition) is 3. The van der Waals surface area contributed by atoms with E-state index in [1.54, 1.807) is 0 Å². The number of rotatable bonds is 4. The quantitative estimate of drug-likeness (QED) is 0.871. The van der Waals surface area contributed by atoms with Crippen LogP contribution in [0.2, 0.25) is 0 Å². The van der Waals surface area contributed by atoms with Gasteiger partial charge in [0.2, 0.25) is 0 Å². The van der Waals surface area contributed by atoms with Gasteiger partial charge in [-0.25, -0.2) is 0 Å². The molecule has 1 saturated heterocycles. The highest BCUT2D eigenvalue weighted by Gasteiger charge is 2.39. The summed E-state index contributed by atoms with van der Waals surface area (Å²) >= 11 is 0. The fourth-order valence-corrected chi connectivity index (χ4v) is 3.09. The highest BCUT2D eigenvalue weighted by atomic mass is 15.3. The van der Waals surface area contributed by atoms with Crippen molar-refractivity contribution in [1.82, 2.24) is 20.1 Å². The Morgan fingerprint density at radius 3 is 2.71 bits per heavy atom. The lowest BCUT2D eigenvalue weighted by molar-refractivity contribution is 0.370. The van der Waals surface area contributed by atoms with E-state index in [1.165, 1.54) is 25.1 Å². The van der Waals surface area contributed by atoms with Crippen LogP contribution >= 0.6 is 0 Å². The van der Waals surface area contributed by atoms with Crippen molar-refractivity contribution in [3.63, 3.8) is 0 Å². The number of hydrogen-bond donors (Lipinski definition) is 1. The van der Waals surface area contributed by atoms with Gasteiger partial charge in [0.05, 0.1) is 0 Å². The molecule has 0 radical (unpaired) electrons. The molecule has 17 heavy (non-hydrogen) atoms. The van der Waals surface area contributed by atoms with Gasteiger partial charge >= 0.3 is 0 Å². The van der Waals surface area contributed by atoms with E-state index in [9.17, 15) is 0 Å². The molecule has 96 valence electrons. The molecule has 0 amide bonds. The van der Waals surface area contributed by atoms with Gasteiger partial charge in [-0.1, -0.05) is 13.3 Å². The largest absolute Gasteiger partial charge is 0.316 e. The second-order valence-electron chi connectivity index (χ2n) is 5.49. The number of aromatic nitrogens is 3. The van der Waals surface area contributed by atoms with Gasteiger partial charge < -0.3 is 9.88 Å². The van der Waals surface area contributed by atoms with Crippen LogP contribution in [0.15, 0.2) is 0 Å². The van der Waals surface area contributed by atoms with Gasteiger partial charge in [-0.15, -0.1) is 10.2 Å². The molecule has 2 heterocycles. The van der Waals surface area contributed by atoms with Gasteiger partial charge in [0.25, 0.3) is 0 Å². The maximum atomic E-state index is 4.48. The minimum atomic E-state index is 0.209. The van der Waals surface area contributed by atoms with Gasteiger partial charge in [0, 0.05) is 18.0 Å². The van der Waals surface area contributed by atoms with Crippen LogP contribution in [0.25, 0.3) is 0 Å². The molecule has 4 nitrogen and oxygen atoms in total. The van der Waals surface area contributed by atoms with Crippen LogP contribution in [0.3, 0.4) is 0 Å². The standard InChI is InChI=1S/C13H24N4/c1-5-6-13(7-8-14-9-13)12-16-15-11(4)17(12)10(2)3/h10,14H,5-9H2,1-4H3. The van der Waals surface area contributed by atoms with E-state index in [0.29, 0.717) is 6.04 Å². The Morgan fingerprint density at radius 2 is 2.18 bits per heavy atom. The maximum Gasteiger partial charge on any atom is 0.140 e. The molecule has 0 aliphatic carbocycles.